The summed E-state index contributed by atoms with van der Waals surface area (Å²) in [5, 5.41) is 0. The summed E-state index contributed by atoms with van der Waals surface area (Å²) in [5.74, 6) is 0. The highest BCUT2D eigenvalue weighted by molar-refractivity contribution is 6.48. The second-order valence-electron chi connectivity index (χ2n) is 9.06. The average molecular weight is 399 g/mol. The van der Waals surface area contributed by atoms with Crippen LogP contribution in [0.4, 0.5) is 0 Å². The zero-order valence-electron chi connectivity index (χ0n) is 19.3. The SMILES string of the molecule is CCCCCCCCCCCCCCCCCCCCCCCC[SiH](C)O. The largest absolute Gasteiger partial charge is 0.435 e. The van der Waals surface area contributed by atoms with E-state index < -0.39 is 9.04 Å². The van der Waals surface area contributed by atoms with Gasteiger partial charge < -0.3 is 4.80 Å². The molecule has 0 aromatic heterocycles. The van der Waals surface area contributed by atoms with Gasteiger partial charge in [0, 0.05) is 0 Å². The van der Waals surface area contributed by atoms with Crippen LogP contribution in [0.3, 0.4) is 0 Å². The third-order valence-corrected chi connectivity index (χ3v) is 7.22. The Morgan fingerprint density at radius 1 is 0.407 bits per heavy atom. The molecule has 0 saturated carbocycles. The molecule has 0 saturated heterocycles. The maximum absolute atomic E-state index is 9.36. The molecule has 164 valence electrons. The summed E-state index contributed by atoms with van der Waals surface area (Å²) in [6.07, 6.45) is 31.7. The Hall–Kier alpha value is 0.177. The molecular weight excluding hydrogens is 344 g/mol. The molecule has 0 rings (SSSR count). The highest BCUT2D eigenvalue weighted by Crippen LogP contribution is 2.15. The first-order chi connectivity index (χ1) is 13.3. The Balaban J connectivity index is 2.97. The van der Waals surface area contributed by atoms with E-state index in [0.29, 0.717) is 0 Å². The summed E-state index contributed by atoms with van der Waals surface area (Å²) < 4.78 is 0. The van der Waals surface area contributed by atoms with Crippen LogP contribution < -0.4 is 0 Å². The van der Waals surface area contributed by atoms with E-state index in [1.54, 1.807) is 0 Å². The molecule has 0 aliphatic rings. The van der Waals surface area contributed by atoms with Gasteiger partial charge in [-0.1, -0.05) is 148 Å². The van der Waals surface area contributed by atoms with Gasteiger partial charge in [-0.05, 0) is 12.6 Å². The molecule has 0 radical (unpaired) electrons. The molecule has 0 heterocycles. The van der Waals surface area contributed by atoms with Crippen LogP contribution in [0.25, 0.3) is 0 Å². The van der Waals surface area contributed by atoms with Crippen molar-refractivity contribution < 1.29 is 4.80 Å². The highest BCUT2D eigenvalue weighted by atomic mass is 28.3. The lowest BCUT2D eigenvalue weighted by molar-refractivity contribution is 0.519. The van der Waals surface area contributed by atoms with Crippen molar-refractivity contribution in [3.05, 3.63) is 0 Å². The van der Waals surface area contributed by atoms with Crippen LogP contribution in [0.2, 0.25) is 12.6 Å². The van der Waals surface area contributed by atoms with Gasteiger partial charge in [-0.2, -0.15) is 0 Å². The smallest absolute Gasteiger partial charge is 0.169 e. The van der Waals surface area contributed by atoms with E-state index in [1.165, 1.54) is 141 Å². The van der Waals surface area contributed by atoms with Gasteiger partial charge in [-0.25, -0.2) is 0 Å². The monoisotopic (exact) mass is 398 g/mol. The molecule has 0 amide bonds. The van der Waals surface area contributed by atoms with E-state index in [4.69, 9.17) is 0 Å². The minimum atomic E-state index is -1.27. The normalized spacial score (nSPS) is 12.6. The van der Waals surface area contributed by atoms with Crippen molar-refractivity contribution in [2.75, 3.05) is 0 Å². The fraction of sp³-hybridized carbons (Fsp3) is 1.00. The van der Waals surface area contributed by atoms with Crippen molar-refractivity contribution in [2.24, 2.45) is 0 Å². The maximum atomic E-state index is 9.36. The summed E-state index contributed by atoms with van der Waals surface area (Å²) in [6, 6.07) is 1.12. The molecule has 0 aromatic carbocycles. The van der Waals surface area contributed by atoms with Crippen LogP contribution in [0, 0.1) is 0 Å². The van der Waals surface area contributed by atoms with Crippen LogP contribution in [-0.2, 0) is 0 Å². The van der Waals surface area contributed by atoms with Crippen molar-refractivity contribution in [2.45, 2.75) is 161 Å². The second-order valence-corrected chi connectivity index (χ2v) is 11.3. The van der Waals surface area contributed by atoms with Gasteiger partial charge in [0.05, 0.1) is 0 Å². The molecule has 27 heavy (non-hydrogen) atoms. The summed E-state index contributed by atoms with van der Waals surface area (Å²) in [5.41, 5.74) is 0. The number of hydrogen-bond acceptors (Lipinski definition) is 1. The van der Waals surface area contributed by atoms with Crippen molar-refractivity contribution in [1.29, 1.82) is 0 Å². The Morgan fingerprint density at radius 3 is 0.852 bits per heavy atom. The third-order valence-electron chi connectivity index (χ3n) is 5.98. The average Bonchev–Trinajstić information content (AvgIpc) is 2.65. The minimum absolute atomic E-state index is 1.12. The topological polar surface area (TPSA) is 20.2 Å². The Bertz CT molecular complexity index is 255. The third kappa shape index (κ3) is 26.2. The molecule has 0 aliphatic carbocycles. The molecule has 0 fully saturated rings. The quantitative estimate of drug-likeness (QED) is 0.134. The van der Waals surface area contributed by atoms with Gasteiger partial charge in [0.2, 0.25) is 0 Å². The van der Waals surface area contributed by atoms with Crippen LogP contribution in [0.15, 0.2) is 0 Å². The summed E-state index contributed by atoms with van der Waals surface area (Å²) in [4.78, 5) is 9.36. The van der Waals surface area contributed by atoms with E-state index in [2.05, 4.69) is 6.92 Å². The fourth-order valence-corrected chi connectivity index (χ4v) is 4.93. The van der Waals surface area contributed by atoms with E-state index in [0.717, 1.165) is 6.04 Å². The molecule has 2 heteroatoms. The van der Waals surface area contributed by atoms with Crippen molar-refractivity contribution in [3.63, 3.8) is 0 Å². The first-order valence-corrected chi connectivity index (χ1v) is 15.4. The first-order valence-electron chi connectivity index (χ1n) is 13.0. The van der Waals surface area contributed by atoms with Gasteiger partial charge >= 0.3 is 0 Å². The van der Waals surface area contributed by atoms with E-state index in [1.807, 2.05) is 6.55 Å². The molecule has 1 unspecified atom stereocenters. The van der Waals surface area contributed by atoms with Gasteiger partial charge in [-0.3, -0.25) is 0 Å². The Kier molecular flexibility index (Phi) is 24.4. The summed E-state index contributed by atoms with van der Waals surface area (Å²) in [7, 11) is -1.27. The van der Waals surface area contributed by atoms with E-state index >= 15 is 0 Å². The number of rotatable bonds is 23. The van der Waals surface area contributed by atoms with Crippen molar-refractivity contribution in [3.8, 4) is 0 Å². The number of unbranched alkanes of at least 4 members (excludes halogenated alkanes) is 21. The van der Waals surface area contributed by atoms with E-state index in [9.17, 15) is 4.80 Å². The Labute approximate surface area is 174 Å². The van der Waals surface area contributed by atoms with Gasteiger partial charge in [0.15, 0.2) is 9.04 Å². The van der Waals surface area contributed by atoms with Gasteiger partial charge in [0.25, 0.3) is 0 Å². The molecule has 0 aromatic rings. The van der Waals surface area contributed by atoms with Crippen LogP contribution >= 0.6 is 0 Å². The van der Waals surface area contributed by atoms with Crippen LogP contribution in [-0.4, -0.2) is 13.8 Å². The molecular formula is C25H54OSi. The molecule has 0 aliphatic heterocycles. The predicted molar refractivity (Wildman–Crippen MR) is 127 cm³/mol. The predicted octanol–water partition coefficient (Wildman–Crippen LogP) is 8.93. The van der Waals surface area contributed by atoms with E-state index in [-0.39, 0.29) is 0 Å². The molecule has 1 N–H and O–H groups in total. The van der Waals surface area contributed by atoms with Crippen molar-refractivity contribution in [1.82, 2.24) is 0 Å². The summed E-state index contributed by atoms with van der Waals surface area (Å²) >= 11 is 0. The van der Waals surface area contributed by atoms with Crippen LogP contribution in [0.1, 0.15) is 148 Å². The molecule has 1 nitrogen and oxygen atoms in total. The first kappa shape index (κ1) is 27.2. The molecule has 0 bridgehead atoms. The fourth-order valence-electron chi connectivity index (χ4n) is 4.05. The lowest BCUT2D eigenvalue weighted by atomic mass is 10.0. The van der Waals surface area contributed by atoms with Crippen LogP contribution in [0.5, 0.6) is 0 Å². The zero-order chi connectivity index (χ0) is 19.8. The lowest BCUT2D eigenvalue weighted by Gasteiger charge is -2.04. The second kappa shape index (κ2) is 24.2. The maximum Gasteiger partial charge on any atom is 0.169 e. The minimum Gasteiger partial charge on any atom is -0.435 e. The molecule has 1 atom stereocenters. The Morgan fingerprint density at radius 2 is 0.630 bits per heavy atom. The van der Waals surface area contributed by atoms with Crippen molar-refractivity contribution >= 4 is 9.04 Å². The molecule has 0 spiro atoms. The lowest BCUT2D eigenvalue weighted by Crippen LogP contribution is -2.03. The van der Waals surface area contributed by atoms with Gasteiger partial charge in [0.1, 0.15) is 0 Å². The van der Waals surface area contributed by atoms with Gasteiger partial charge in [-0.15, -0.1) is 0 Å². The zero-order valence-corrected chi connectivity index (χ0v) is 20.4. The standard InChI is InChI=1S/C25H54OSi/c1-3-4-5-6-7-8-9-10-11-12-13-14-15-16-17-18-19-20-21-22-23-24-25-27(2)26/h26-27H,3-25H2,1-2H3. The summed E-state index contributed by atoms with van der Waals surface area (Å²) in [6.45, 7) is 4.34. The highest BCUT2D eigenvalue weighted by Gasteiger charge is 1.98. The number of hydrogen-bond donors (Lipinski definition) is 1.